The molecule has 1 amide bonds. The highest BCUT2D eigenvalue weighted by Crippen LogP contribution is 2.40. The fourth-order valence-corrected chi connectivity index (χ4v) is 4.72. The van der Waals surface area contributed by atoms with Gasteiger partial charge in [0.2, 0.25) is 0 Å². The van der Waals surface area contributed by atoms with E-state index in [4.69, 9.17) is 5.73 Å². The van der Waals surface area contributed by atoms with Crippen LogP contribution in [0.5, 0.6) is 5.75 Å². The number of hydrogen-bond donors (Lipinski definition) is 3. The molecule has 4 aromatic rings. The maximum absolute atomic E-state index is 13.6. The molecule has 1 atom stereocenters. The topological polar surface area (TPSA) is 96.4 Å². The quantitative estimate of drug-likeness (QED) is 0.277. The van der Waals surface area contributed by atoms with Crippen LogP contribution in [-0.4, -0.2) is 38.8 Å². The molecule has 7 nitrogen and oxygen atoms in total. The molecule has 10 heteroatoms. The van der Waals surface area contributed by atoms with E-state index in [2.05, 4.69) is 15.3 Å². The molecule has 1 aromatic heterocycles. The van der Waals surface area contributed by atoms with E-state index in [1.54, 1.807) is 54.6 Å². The summed E-state index contributed by atoms with van der Waals surface area (Å²) in [5, 5.41) is 17.0. The number of alkyl halides is 3. The van der Waals surface area contributed by atoms with E-state index in [9.17, 15) is 23.1 Å². The molecule has 1 saturated carbocycles. The van der Waals surface area contributed by atoms with Crippen LogP contribution in [0.15, 0.2) is 78.9 Å². The number of hydrogen-bond acceptors (Lipinski definition) is 5. The zero-order valence-electron chi connectivity index (χ0n) is 21.2. The van der Waals surface area contributed by atoms with Gasteiger partial charge in [0.1, 0.15) is 11.4 Å². The minimum atomic E-state index is -4.73. The average Bonchev–Trinajstić information content (AvgIpc) is 3.66. The van der Waals surface area contributed by atoms with Gasteiger partial charge in [-0.2, -0.15) is 18.3 Å². The molecule has 1 heterocycles. The standard InChI is InChI=1S/C29H28F3N5O2/c1-36(21-12-13-21)27(23-10-2-3-11-25(23)38)19-7-5-8-20(15-19)34-28(39)24-16-26(29(30,31)32)35-37(24)22-9-4-6-18(14-22)17-33/h2-11,14-16,21,27,38H,12-13,17,33H2,1H3,(H,34,39). The summed E-state index contributed by atoms with van der Waals surface area (Å²) in [6.45, 7) is 0.184. The van der Waals surface area contributed by atoms with Gasteiger partial charge in [0, 0.05) is 29.9 Å². The van der Waals surface area contributed by atoms with Crippen LogP contribution in [0.2, 0.25) is 0 Å². The summed E-state index contributed by atoms with van der Waals surface area (Å²) in [7, 11) is 1.99. The van der Waals surface area contributed by atoms with E-state index in [-0.39, 0.29) is 29.7 Å². The van der Waals surface area contributed by atoms with Crippen molar-refractivity contribution in [3.8, 4) is 11.4 Å². The molecule has 1 aliphatic rings. The van der Waals surface area contributed by atoms with E-state index < -0.39 is 17.8 Å². The molecule has 0 bridgehead atoms. The third-order valence-corrected chi connectivity index (χ3v) is 6.84. The second-order valence-corrected chi connectivity index (χ2v) is 9.64. The van der Waals surface area contributed by atoms with Crippen molar-refractivity contribution in [2.45, 2.75) is 37.6 Å². The average molecular weight is 536 g/mol. The molecule has 0 radical (unpaired) electrons. The zero-order valence-corrected chi connectivity index (χ0v) is 21.2. The van der Waals surface area contributed by atoms with Gasteiger partial charge in [-0.1, -0.05) is 42.5 Å². The predicted molar refractivity (Wildman–Crippen MR) is 142 cm³/mol. The molecular weight excluding hydrogens is 507 g/mol. The number of anilines is 1. The van der Waals surface area contributed by atoms with Crippen molar-refractivity contribution in [2.75, 3.05) is 12.4 Å². The Bertz CT molecular complexity index is 1500. The van der Waals surface area contributed by atoms with Gasteiger partial charge in [0.15, 0.2) is 5.69 Å². The minimum absolute atomic E-state index is 0.160. The van der Waals surface area contributed by atoms with Gasteiger partial charge in [-0.25, -0.2) is 4.68 Å². The number of benzene rings is 3. The third kappa shape index (κ3) is 5.67. The minimum Gasteiger partial charge on any atom is -0.508 e. The summed E-state index contributed by atoms with van der Waals surface area (Å²) in [6.07, 6.45) is -2.63. The van der Waals surface area contributed by atoms with Crippen molar-refractivity contribution in [1.82, 2.24) is 14.7 Å². The first-order valence-electron chi connectivity index (χ1n) is 12.5. The third-order valence-electron chi connectivity index (χ3n) is 6.84. The Morgan fingerprint density at radius 2 is 1.85 bits per heavy atom. The molecule has 1 fully saturated rings. The maximum Gasteiger partial charge on any atom is 0.435 e. The highest BCUT2D eigenvalue weighted by Gasteiger charge is 2.37. The van der Waals surface area contributed by atoms with Crippen molar-refractivity contribution in [3.63, 3.8) is 0 Å². The Morgan fingerprint density at radius 1 is 1.10 bits per heavy atom. The van der Waals surface area contributed by atoms with Crippen LogP contribution in [0.4, 0.5) is 18.9 Å². The number of para-hydroxylation sites is 1. The molecule has 3 aromatic carbocycles. The van der Waals surface area contributed by atoms with E-state index >= 15 is 0 Å². The van der Waals surface area contributed by atoms with Crippen LogP contribution in [0, 0.1) is 0 Å². The first kappa shape index (κ1) is 26.5. The van der Waals surface area contributed by atoms with E-state index in [0.717, 1.165) is 34.7 Å². The van der Waals surface area contributed by atoms with Gasteiger partial charge in [0.05, 0.1) is 11.7 Å². The number of amides is 1. The number of nitrogens with two attached hydrogens (primary N) is 1. The van der Waals surface area contributed by atoms with Crippen molar-refractivity contribution < 1.29 is 23.1 Å². The summed E-state index contributed by atoms with van der Waals surface area (Å²) in [5.74, 6) is -0.587. The smallest absolute Gasteiger partial charge is 0.435 e. The van der Waals surface area contributed by atoms with Gasteiger partial charge >= 0.3 is 6.18 Å². The number of halogens is 3. The molecule has 0 saturated heterocycles. The Kier molecular flexibility index (Phi) is 7.16. The van der Waals surface area contributed by atoms with Crippen LogP contribution in [0.25, 0.3) is 5.69 Å². The molecule has 1 unspecified atom stereocenters. The van der Waals surface area contributed by atoms with Crippen LogP contribution >= 0.6 is 0 Å². The highest BCUT2D eigenvalue weighted by molar-refractivity contribution is 6.03. The van der Waals surface area contributed by atoms with Gasteiger partial charge < -0.3 is 16.2 Å². The van der Waals surface area contributed by atoms with Crippen molar-refractivity contribution in [3.05, 3.63) is 107 Å². The number of phenolic OH excluding ortho intramolecular Hbond substituents is 1. The SMILES string of the molecule is CN(C1CC1)C(c1cccc(NC(=O)c2cc(C(F)(F)F)nn2-c2cccc(CN)c2)c1)c1ccccc1O. The summed E-state index contributed by atoms with van der Waals surface area (Å²) in [4.78, 5) is 15.5. The molecular formula is C29H28F3N5O2. The number of phenols is 1. The summed E-state index contributed by atoms with van der Waals surface area (Å²) in [6, 6.07) is 21.6. The lowest BCUT2D eigenvalue weighted by molar-refractivity contribution is -0.141. The monoisotopic (exact) mass is 535 g/mol. The number of carbonyl (C=O) groups is 1. The number of carbonyl (C=O) groups excluding carboxylic acids is 1. The number of rotatable bonds is 8. The fourth-order valence-electron chi connectivity index (χ4n) is 4.72. The number of nitrogens with zero attached hydrogens (tertiary/aromatic N) is 3. The lowest BCUT2D eigenvalue weighted by atomic mass is 9.96. The molecule has 5 rings (SSSR count). The maximum atomic E-state index is 13.6. The van der Waals surface area contributed by atoms with Crippen LogP contribution in [0.3, 0.4) is 0 Å². The Morgan fingerprint density at radius 3 is 2.54 bits per heavy atom. The van der Waals surface area contributed by atoms with Crippen LogP contribution in [0.1, 0.15) is 51.8 Å². The van der Waals surface area contributed by atoms with E-state index in [1.165, 1.54) is 0 Å². The molecule has 4 N–H and O–H groups in total. The Hall–Kier alpha value is -4.15. The zero-order chi connectivity index (χ0) is 27.7. The number of aromatic hydroxyl groups is 1. The van der Waals surface area contributed by atoms with Crippen LogP contribution < -0.4 is 11.1 Å². The normalized spacial score (nSPS) is 14.4. The molecule has 0 aliphatic heterocycles. The molecule has 202 valence electrons. The summed E-state index contributed by atoms with van der Waals surface area (Å²) in [5.41, 5.74) is 7.18. The van der Waals surface area contributed by atoms with Gasteiger partial charge in [-0.15, -0.1) is 0 Å². The second-order valence-electron chi connectivity index (χ2n) is 9.64. The molecule has 0 spiro atoms. The highest BCUT2D eigenvalue weighted by atomic mass is 19.4. The van der Waals surface area contributed by atoms with E-state index in [1.807, 2.05) is 25.2 Å². The summed E-state index contributed by atoms with van der Waals surface area (Å²) < 4.78 is 41.7. The van der Waals surface area contributed by atoms with Crippen LogP contribution in [-0.2, 0) is 12.7 Å². The Labute approximate surface area is 223 Å². The van der Waals surface area contributed by atoms with Crippen molar-refractivity contribution in [2.24, 2.45) is 5.73 Å². The summed E-state index contributed by atoms with van der Waals surface area (Å²) >= 11 is 0. The lowest BCUT2D eigenvalue weighted by Gasteiger charge is -2.30. The van der Waals surface area contributed by atoms with Gasteiger partial charge in [-0.05, 0) is 61.3 Å². The first-order chi connectivity index (χ1) is 18.7. The number of aromatic nitrogens is 2. The van der Waals surface area contributed by atoms with Crippen molar-refractivity contribution >= 4 is 11.6 Å². The van der Waals surface area contributed by atoms with Gasteiger partial charge in [0.25, 0.3) is 5.91 Å². The molecule has 39 heavy (non-hydrogen) atoms. The molecule has 1 aliphatic carbocycles. The van der Waals surface area contributed by atoms with E-state index in [0.29, 0.717) is 17.3 Å². The van der Waals surface area contributed by atoms with Gasteiger partial charge in [-0.3, -0.25) is 9.69 Å². The predicted octanol–water partition coefficient (Wildman–Crippen LogP) is 5.49. The first-order valence-corrected chi connectivity index (χ1v) is 12.5. The second kappa shape index (κ2) is 10.5. The fraction of sp³-hybridized carbons (Fsp3) is 0.241. The largest absolute Gasteiger partial charge is 0.508 e. The Balaban J connectivity index is 1.49. The number of nitrogens with one attached hydrogen (secondary N) is 1. The van der Waals surface area contributed by atoms with Crippen molar-refractivity contribution in [1.29, 1.82) is 0 Å². The lowest BCUT2D eigenvalue weighted by Crippen LogP contribution is -2.28.